The van der Waals surface area contributed by atoms with Gasteiger partial charge in [-0.15, -0.1) is 4.73 Å². The molecule has 0 bridgehead atoms. The third-order valence-corrected chi connectivity index (χ3v) is 3.17. The first-order valence-corrected chi connectivity index (χ1v) is 4.93. The zero-order chi connectivity index (χ0) is 11.9. The summed E-state index contributed by atoms with van der Waals surface area (Å²) >= 11 is 0.721. The predicted octanol–water partition coefficient (Wildman–Crippen LogP) is 0.542. The van der Waals surface area contributed by atoms with E-state index in [4.69, 9.17) is 5.73 Å². The molecule has 16 heavy (non-hydrogen) atoms. The molecule has 1 heterocycles. The zero-order valence-corrected chi connectivity index (χ0v) is 8.56. The third-order valence-electron chi connectivity index (χ3n) is 1.98. The Kier molecular flexibility index (Phi) is 2.20. The van der Waals surface area contributed by atoms with Crippen molar-refractivity contribution in [1.82, 2.24) is 0 Å². The average molecular weight is 239 g/mol. The van der Waals surface area contributed by atoms with Crippen LogP contribution < -0.4 is 10.5 Å². The molecule has 0 atom stereocenters. The highest BCUT2D eigenvalue weighted by molar-refractivity contribution is 7.20. The Bertz CT molecular complexity index is 607. The Labute approximate surface area is 92.5 Å². The molecule has 0 aliphatic rings. The molecular formula is C8H5N3O4S. The second-order valence-corrected chi connectivity index (χ2v) is 3.95. The first-order valence-electron chi connectivity index (χ1n) is 4.11. The summed E-state index contributed by atoms with van der Waals surface area (Å²) in [6.07, 6.45) is 0. The van der Waals surface area contributed by atoms with Gasteiger partial charge < -0.3 is 10.9 Å². The van der Waals surface area contributed by atoms with Crippen LogP contribution in [-0.4, -0.2) is 10.8 Å². The summed E-state index contributed by atoms with van der Waals surface area (Å²) in [7, 11) is 0. The van der Waals surface area contributed by atoms with Gasteiger partial charge in [0, 0.05) is 12.1 Å². The number of carbonyl (C=O) groups is 1. The van der Waals surface area contributed by atoms with E-state index in [9.17, 15) is 20.1 Å². The number of non-ortho nitro benzene ring substituents is 1. The summed E-state index contributed by atoms with van der Waals surface area (Å²) in [6.45, 7) is 0. The first-order chi connectivity index (χ1) is 7.52. The smallest absolute Gasteiger partial charge is 0.339 e. The fourth-order valence-corrected chi connectivity index (χ4v) is 2.30. The summed E-state index contributed by atoms with van der Waals surface area (Å²) < 4.78 is 0.464. The number of primary amides is 1. The molecule has 0 unspecified atom stereocenters. The second kappa shape index (κ2) is 3.42. The van der Waals surface area contributed by atoms with Crippen molar-refractivity contribution < 1.29 is 14.4 Å². The molecule has 1 amide bonds. The lowest BCUT2D eigenvalue weighted by Crippen LogP contribution is -2.34. The Hall–Kier alpha value is -2.22. The number of nitrogens with zero attached hydrogens (tertiary/aromatic N) is 2. The fourth-order valence-electron chi connectivity index (χ4n) is 1.32. The lowest BCUT2D eigenvalue weighted by molar-refractivity contribution is -0.574. The van der Waals surface area contributed by atoms with Gasteiger partial charge in [0.25, 0.3) is 5.69 Å². The molecule has 2 aromatic rings. The van der Waals surface area contributed by atoms with Crippen LogP contribution in [0.4, 0.5) is 5.69 Å². The number of aromatic nitrogens is 1. The zero-order valence-electron chi connectivity index (χ0n) is 7.75. The molecule has 0 aliphatic carbocycles. The number of hydrogen-bond donors (Lipinski definition) is 1. The van der Waals surface area contributed by atoms with Crippen molar-refractivity contribution in [3.05, 3.63) is 38.5 Å². The molecule has 2 rings (SSSR count). The molecule has 2 N–H and O–H groups in total. The largest absolute Gasteiger partial charge is 0.617 e. The number of nitro benzene ring substituents is 1. The minimum atomic E-state index is -0.898. The number of nitro groups is 1. The highest BCUT2D eigenvalue weighted by Gasteiger charge is 2.26. The molecular weight excluding hydrogens is 234 g/mol. The van der Waals surface area contributed by atoms with Crippen LogP contribution in [0.15, 0.2) is 18.2 Å². The SMILES string of the molecule is NC(=O)c1sc2c([N+](=O)[O-])cccc2[n+]1[O-]. The van der Waals surface area contributed by atoms with Crippen molar-refractivity contribution in [2.45, 2.75) is 0 Å². The average Bonchev–Trinajstić information content (AvgIpc) is 2.56. The number of benzene rings is 1. The summed E-state index contributed by atoms with van der Waals surface area (Å²) in [5.41, 5.74) is 4.85. The van der Waals surface area contributed by atoms with Gasteiger partial charge in [-0.25, -0.2) is 0 Å². The van der Waals surface area contributed by atoms with Crippen molar-refractivity contribution in [2.24, 2.45) is 5.73 Å². The monoisotopic (exact) mass is 239 g/mol. The van der Waals surface area contributed by atoms with E-state index in [2.05, 4.69) is 0 Å². The summed E-state index contributed by atoms with van der Waals surface area (Å²) in [4.78, 5) is 21.0. The van der Waals surface area contributed by atoms with Gasteiger partial charge >= 0.3 is 10.9 Å². The molecule has 0 radical (unpaired) electrons. The van der Waals surface area contributed by atoms with Gasteiger partial charge in [0.2, 0.25) is 5.52 Å². The Balaban J connectivity index is 2.85. The van der Waals surface area contributed by atoms with Crippen LogP contribution in [0, 0.1) is 15.3 Å². The van der Waals surface area contributed by atoms with Gasteiger partial charge in [-0.3, -0.25) is 14.9 Å². The van der Waals surface area contributed by atoms with Crippen LogP contribution in [0.5, 0.6) is 0 Å². The maximum Gasteiger partial charge on any atom is 0.339 e. The lowest BCUT2D eigenvalue weighted by Gasteiger charge is -1.94. The normalized spacial score (nSPS) is 10.5. The van der Waals surface area contributed by atoms with Crippen LogP contribution in [0.1, 0.15) is 9.80 Å². The van der Waals surface area contributed by atoms with Gasteiger partial charge in [0.15, 0.2) is 4.70 Å². The van der Waals surface area contributed by atoms with Crippen LogP contribution in [0.3, 0.4) is 0 Å². The van der Waals surface area contributed by atoms with Crippen LogP contribution in [-0.2, 0) is 0 Å². The van der Waals surface area contributed by atoms with Crippen molar-refractivity contribution >= 4 is 33.1 Å². The van der Waals surface area contributed by atoms with Gasteiger partial charge in [-0.2, -0.15) is 0 Å². The molecule has 1 aromatic carbocycles. The minimum Gasteiger partial charge on any atom is -0.617 e. The molecule has 0 saturated carbocycles. The van der Waals surface area contributed by atoms with E-state index in [0.717, 1.165) is 11.3 Å². The van der Waals surface area contributed by atoms with Gasteiger partial charge in [-0.1, -0.05) is 0 Å². The van der Waals surface area contributed by atoms with E-state index in [1.807, 2.05) is 0 Å². The lowest BCUT2D eigenvalue weighted by atomic mass is 10.3. The van der Waals surface area contributed by atoms with Crippen LogP contribution in [0.2, 0.25) is 0 Å². The maximum atomic E-state index is 11.5. The first kappa shape index (κ1) is 10.3. The molecule has 1 aromatic heterocycles. The van der Waals surface area contributed by atoms with E-state index < -0.39 is 10.8 Å². The molecule has 0 spiro atoms. The highest BCUT2D eigenvalue weighted by Crippen LogP contribution is 2.29. The quantitative estimate of drug-likeness (QED) is 0.356. The number of thiazole rings is 1. The number of rotatable bonds is 2. The molecule has 0 saturated heterocycles. The fraction of sp³-hybridized carbons (Fsp3) is 0. The van der Waals surface area contributed by atoms with Crippen LogP contribution >= 0.6 is 11.3 Å². The molecule has 0 fully saturated rings. The molecule has 82 valence electrons. The van der Waals surface area contributed by atoms with E-state index >= 15 is 0 Å². The Morgan fingerprint density at radius 3 is 2.75 bits per heavy atom. The number of fused-ring (bicyclic) bond motifs is 1. The Morgan fingerprint density at radius 1 is 1.50 bits per heavy atom. The van der Waals surface area contributed by atoms with Crippen LogP contribution in [0.25, 0.3) is 10.2 Å². The van der Waals surface area contributed by atoms with Crippen molar-refractivity contribution in [3.8, 4) is 0 Å². The number of nitrogens with two attached hydrogens (primary N) is 1. The maximum absolute atomic E-state index is 11.5. The summed E-state index contributed by atoms with van der Waals surface area (Å²) in [5.74, 6) is -0.898. The number of hydrogen-bond acceptors (Lipinski definition) is 5. The predicted molar refractivity (Wildman–Crippen MR) is 56.0 cm³/mol. The second-order valence-electron chi connectivity index (χ2n) is 2.95. The third kappa shape index (κ3) is 1.36. The van der Waals surface area contributed by atoms with Crippen molar-refractivity contribution in [3.63, 3.8) is 0 Å². The molecule has 7 nitrogen and oxygen atoms in total. The topological polar surface area (TPSA) is 113 Å². The van der Waals surface area contributed by atoms with Gasteiger partial charge in [-0.05, 0) is 17.4 Å². The van der Waals surface area contributed by atoms with Crippen molar-refractivity contribution in [1.29, 1.82) is 0 Å². The summed E-state index contributed by atoms with van der Waals surface area (Å²) in [6, 6.07) is 4.05. The van der Waals surface area contributed by atoms with E-state index in [1.54, 1.807) is 0 Å². The summed E-state index contributed by atoms with van der Waals surface area (Å²) in [5, 5.41) is 22.0. The van der Waals surface area contributed by atoms with E-state index in [0.29, 0.717) is 4.73 Å². The van der Waals surface area contributed by atoms with E-state index in [-0.39, 0.29) is 20.9 Å². The minimum absolute atomic E-state index is 0.0769. The molecule has 0 aliphatic heterocycles. The highest BCUT2D eigenvalue weighted by atomic mass is 32.1. The van der Waals surface area contributed by atoms with Gasteiger partial charge in [0.05, 0.1) is 4.92 Å². The number of carbonyl (C=O) groups excluding carboxylic acids is 1. The standard InChI is InChI=1S/C8H5N3O4S/c9-7(12)8-10(13)4-2-1-3-5(11(14)15)6(4)16-8/h1-3H,(H2,9,12). The Morgan fingerprint density at radius 2 is 2.19 bits per heavy atom. The molecule has 8 heteroatoms. The van der Waals surface area contributed by atoms with E-state index in [1.165, 1.54) is 18.2 Å². The number of amides is 1. The van der Waals surface area contributed by atoms with Crippen molar-refractivity contribution in [2.75, 3.05) is 0 Å². The van der Waals surface area contributed by atoms with Gasteiger partial charge in [0.1, 0.15) is 0 Å².